The summed E-state index contributed by atoms with van der Waals surface area (Å²) in [6.07, 6.45) is 0. The Morgan fingerprint density at radius 2 is 0.921 bits per heavy atom. The van der Waals surface area contributed by atoms with Crippen molar-refractivity contribution in [3.05, 3.63) is 247 Å². The van der Waals surface area contributed by atoms with Gasteiger partial charge in [0.1, 0.15) is 0 Å². The van der Waals surface area contributed by atoms with Crippen molar-refractivity contribution in [1.29, 1.82) is 0 Å². The fourth-order valence-corrected chi connectivity index (χ4v) is 12.6. The van der Waals surface area contributed by atoms with Gasteiger partial charge in [-0.3, -0.25) is 0 Å². The molecule has 1 aromatic heterocycles. The van der Waals surface area contributed by atoms with E-state index in [4.69, 9.17) is 0 Å². The molecular formula is C61H37NS. The van der Waals surface area contributed by atoms with Crippen molar-refractivity contribution in [3.8, 4) is 33.4 Å². The van der Waals surface area contributed by atoms with E-state index in [1.54, 1.807) is 0 Å². The van der Waals surface area contributed by atoms with Crippen molar-refractivity contribution in [1.82, 2.24) is 0 Å². The van der Waals surface area contributed by atoms with E-state index < -0.39 is 5.41 Å². The van der Waals surface area contributed by atoms with Gasteiger partial charge in [-0.2, -0.15) is 0 Å². The van der Waals surface area contributed by atoms with E-state index in [1.807, 2.05) is 11.3 Å². The first-order valence-electron chi connectivity index (χ1n) is 21.8. The van der Waals surface area contributed by atoms with Gasteiger partial charge in [-0.25, -0.2) is 0 Å². The van der Waals surface area contributed by atoms with Crippen LogP contribution in [0.2, 0.25) is 0 Å². The molecule has 0 radical (unpaired) electrons. The Morgan fingerprint density at radius 3 is 1.84 bits per heavy atom. The molecule has 1 heterocycles. The van der Waals surface area contributed by atoms with Crippen molar-refractivity contribution < 1.29 is 0 Å². The van der Waals surface area contributed by atoms with E-state index in [-0.39, 0.29) is 0 Å². The van der Waals surface area contributed by atoms with Crippen LogP contribution in [0.1, 0.15) is 22.3 Å². The summed E-state index contributed by atoms with van der Waals surface area (Å²) in [5.74, 6) is 0. The second-order valence-electron chi connectivity index (χ2n) is 17.1. The van der Waals surface area contributed by atoms with Crippen molar-refractivity contribution in [2.75, 3.05) is 4.90 Å². The molecule has 0 saturated carbocycles. The van der Waals surface area contributed by atoms with Gasteiger partial charge in [-0.15, -0.1) is 11.3 Å². The standard InChI is InChI=1S/C61H37NS/c1-2-14-38(15-3-1)41-30-32-45-48-23-10-18-40-19-11-26-52(59(40)48)61(54(45)36-41)51-25-8-6-21-44(51)49-34-35-56(50-24-13-27-53(61)60(49)50)62(55-28-12-17-39-16-4-5-20-43(39)55)42-31-33-47-46-22-7-9-29-57(46)63-58(47)37-42/h1-37H. The number of nitrogens with zero attached hydrogens (tertiary/aromatic N) is 1. The summed E-state index contributed by atoms with van der Waals surface area (Å²) < 4.78 is 2.60. The molecule has 1 spiro atoms. The van der Waals surface area contributed by atoms with Crippen LogP contribution in [0, 0.1) is 0 Å². The van der Waals surface area contributed by atoms with Crippen molar-refractivity contribution in [2.45, 2.75) is 5.41 Å². The molecule has 292 valence electrons. The van der Waals surface area contributed by atoms with Crippen LogP contribution in [0.25, 0.3) is 85.9 Å². The number of hydrogen-bond acceptors (Lipinski definition) is 2. The molecule has 2 heteroatoms. The molecule has 1 atom stereocenters. The average Bonchev–Trinajstić information content (AvgIpc) is 3.73. The first-order chi connectivity index (χ1) is 31.3. The zero-order chi connectivity index (χ0) is 41.2. The Kier molecular flexibility index (Phi) is 7.26. The van der Waals surface area contributed by atoms with E-state index in [9.17, 15) is 0 Å². The van der Waals surface area contributed by atoms with E-state index in [0.717, 1.165) is 17.1 Å². The lowest BCUT2D eigenvalue weighted by Gasteiger charge is -2.46. The minimum absolute atomic E-state index is 0.601. The second kappa shape index (κ2) is 13.1. The lowest BCUT2D eigenvalue weighted by atomic mass is 9.55. The SMILES string of the molecule is c1ccc(-c2ccc3c(c2)C2(c4ccccc4-c4ccc(N(c5ccc6c(c5)sc5ccccc56)c5cccc6ccccc56)c5cccc2c45)c2cccc4cccc-3c24)cc1. The summed E-state index contributed by atoms with van der Waals surface area (Å²) in [5, 5.41) is 10.2. The minimum atomic E-state index is -0.601. The number of anilines is 3. The van der Waals surface area contributed by atoms with Gasteiger partial charge in [-0.05, 0) is 114 Å². The van der Waals surface area contributed by atoms with Crippen molar-refractivity contribution in [3.63, 3.8) is 0 Å². The maximum absolute atomic E-state index is 2.53. The van der Waals surface area contributed by atoms with Crippen LogP contribution in [0.5, 0.6) is 0 Å². The zero-order valence-corrected chi connectivity index (χ0v) is 35.0. The number of hydrogen-bond donors (Lipinski definition) is 0. The molecule has 1 nitrogen and oxygen atoms in total. The number of fused-ring (bicyclic) bond motifs is 12. The summed E-state index contributed by atoms with van der Waals surface area (Å²) in [7, 11) is 0. The topological polar surface area (TPSA) is 3.24 Å². The largest absolute Gasteiger partial charge is 0.309 e. The molecule has 14 rings (SSSR count). The van der Waals surface area contributed by atoms with E-state index in [1.165, 1.54) is 108 Å². The number of benzene rings is 11. The highest BCUT2D eigenvalue weighted by atomic mass is 32.1. The second-order valence-corrected chi connectivity index (χ2v) is 18.2. The van der Waals surface area contributed by atoms with Gasteiger partial charge in [0.2, 0.25) is 0 Å². The molecule has 63 heavy (non-hydrogen) atoms. The van der Waals surface area contributed by atoms with Gasteiger partial charge in [0.25, 0.3) is 0 Å². The highest BCUT2D eigenvalue weighted by molar-refractivity contribution is 7.25. The molecule has 12 aromatic rings. The average molecular weight is 816 g/mol. The van der Waals surface area contributed by atoms with E-state index in [2.05, 4.69) is 229 Å². The maximum atomic E-state index is 2.53. The predicted molar refractivity (Wildman–Crippen MR) is 268 cm³/mol. The fraction of sp³-hybridized carbons (Fsp3) is 0.0164. The summed E-state index contributed by atoms with van der Waals surface area (Å²) in [6, 6.07) is 84.5. The third kappa shape index (κ3) is 4.76. The number of thiophene rings is 1. The third-order valence-electron chi connectivity index (χ3n) is 14.0. The van der Waals surface area contributed by atoms with E-state index in [0.29, 0.717) is 0 Å². The summed E-state index contributed by atoms with van der Waals surface area (Å²) in [4.78, 5) is 2.53. The Balaban J connectivity index is 1.12. The first-order valence-corrected chi connectivity index (χ1v) is 22.7. The molecule has 0 bridgehead atoms. The lowest BCUT2D eigenvalue weighted by molar-refractivity contribution is 0.755. The molecule has 0 saturated heterocycles. The highest BCUT2D eigenvalue weighted by Crippen LogP contribution is 2.62. The minimum Gasteiger partial charge on any atom is -0.309 e. The van der Waals surface area contributed by atoms with Crippen LogP contribution in [0.4, 0.5) is 17.1 Å². The fourth-order valence-electron chi connectivity index (χ4n) is 11.5. The molecule has 1 unspecified atom stereocenters. The van der Waals surface area contributed by atoms with Gasteiger partial charge in [0.15, 0.2) is 0 Å². The Hall–Kier alpha value is -7.78. The molecule has 0 amide bonds. The van der Waals surface area contributed by atoms with Crippen LogP contribution < -0.4 is 4.90 Å². The van der Waals surface area contributed by atoms with Crippen LogP contribution in [0.15, 0.2) is 224 Å². The molecule has 0 N–H and O–H groups in total. The molecular weight excluding hydrogens is 779 g/mol. The molecule has 0 fully saturated rings. The van der Waals surface area contributed by atoms with Gasteiger partial charge in [0, 0.05) is 36.6 Å². The third-order valence-corrected chi connectivity index (χ3v) is 15.2. The molecule has 11 aromatic carbocycles. The molecule has 2 aliphatic rings. The molecule has 2 aliphatic carbocycles. The van der Waals surface area contributed by atoms with E-state index >= 15 is 0 Å². The Labute approximate surface area is 369 Å². The normalized spacial score (nSPS) is 14.7. The molecule has 0 aliphatic heterocycles. The quantitative estimate of drug-likeness (QED) is 0.171. The monoisotopic (exact) mass is 815 g/mol. The van der Waals surface area contributed by atoms with Crippen LogP contribution >= 0.6 is 11.3 Å². The first kappa shape index (κ1) is 34.9. The van der Waals surface area contributed by atoms with Crippen molar-refractivity contribution in [2.24, 2.45) is 0 Å². The van der Waals surface area contributed by atoms with Crippen LogP contribution in [0.3, 0.4) is 0 Å². The van der Waals surface area contributed by atoms with Crippen molar-refractivity contribution >= 4 is 80.9 Å². The number of rotatable bonds is 4. The Morgan fingerprint density at radius 1 is 0.317 bits per heavy atom. The summed E-state index contributed by atoms with van der Waals surface area (Å²) in [5.41, 5.74) is 15.8. The van der Waals surface area contributed by atoms with Gasteiger partial charge < -0.3 is 4.90 Å². The summed E-state index contributed by atoms with van der Waals surface area (Å²) >= 11 is 1.87. The maximum Gasteiger partial charge on any atom is 0.0726 e. The van der Waals surface area contributed by atoms with Gasteiger partial charge >= 0.3 is 0 Å². The predicted octanol–water partition coefficient (Wildman–Crippen LogP) is 17.0. The van der Waals surface area contributed by atoms with Crippen LogP contribution in [-0.4, -0.2) is 0 Å². The van der Waals surface area contributed by atoms with Gasteiger partial charge in [0.05, 0.1) is 16.8 Å². The van der Waals surface area contributed by atoms with Crippen LogP contribution in [-0.2, 0) is 5.41 Å². The highest BCUT2D eigenvalue weighted by Gasteiger charge is 2.49. The smallest absolute Gasteiger partial charge is 0.0726 e. The lowest BCUT2D eigenvalue weighted by Crippen LogP contribution is -2.36. The summed E-state index contributed by atoms with van der Waals surface area (Å²) in [6.45, 7) is 0. The van der Waals surface area contributed by atoms with Gasteiger partial charge in [-0.1, -0.05) is 188 Å². The Bertz CT molecular complexity index is 3870. The zero-order valence-electron chi connectivity index (χ0n) is 34.2.